The van der Waals surface area contributed by atoms with Crippen molar-refractivity contribution in [3.63, 3.8) is 0 Å². The van der Waals surface area contributed by atoms with E-state index >= 15 is 0 Å². The van der Waals surface area contributed by atoms with Crippen LogP contribution in [0, 0.1) is 5.92 Å². The molecule has 1 aromatic rings. The smallest absolute Gasteiger partial charge is 0.338 e. The van der Waals surface area contributed by atoms with Gasteiger partial charge < -0.3 is 10.5 Å². The molecule has 0 heterocycles. The summed E-state index contributed by atoms with van der Waals surface area (Å²) in [4.78, 5) is 11.8. The molecule has 0 saturated heterocycles. The molecule has 0 amide bonds. The molecule has 2 rings (SSSR count). The third-order valence-electron chi connectivity index (χ3n) is 3.32. The first kappa shape index (κ1) is 12.1. The minimum absolute atomic E-state index is 0.229. The van der Waals surface area contributed by atoms with E-state index in [2.05, 4.69) is 0 Å². The van der Waals surface area contributed by atoms with Crippen molar-refractivity contribution in [3.8, 4) is 0 Å². The van der Waals surface area contributed by atoms with Crippen LogP contribution < -0.4 is 5.73 Å². The molecule has 0 spiro atoms. The lowest BCUT2D eigenvalue weighted by Gasteiger charge is -2.10. The fraction of sp³-hybridized carbons (Fsp3) is 0.500. The van der Waals surface area contributed by atoms with Gasteiger partial charge in [-0.3, -0.25) is 0 Å². The Morgan fingerprint density at radius 2 is 2.12 bits per heavy atom. The highest BCUT2D eigenvalue weighted by Crippen LogP contribution is 2.25. The molecule has 3 heteroatoms. The van der Waals surface area contributed by atoms with Crippen molar-refractivity contribution < 1.29 is 9.53 Å². The van der Waals surface area contributed by atoms with Gasteiger partial charge in [-0.25, -0.2) is 4.79 Å². The van der Waals surface area contributed by atoms with E-state index in [1.807, 2.05) is 12.1 Å². The van der Waals surface area contributed by atoms with Gasteiger partial charge >= 0.3 is 5.97 Å². The molecule has 1 fully saturated rings. The lowest BCUT2D eigenvalue weighted by Crippen LogP contribution is -2.12. The zero-order valence-corrected chi connectivity index (χ0v) is 10.0. The monoisotopic (exact) mass is 233 g/mol. The summed E-state index contributed by atoms with van der Waals surface area (Å²) in [7, 11) is 0. The zero-order chi connectivity index (χ0) is 12.1. The number of benzene rings is 1. The van der Waals surface area contributed by atoms with Crippen LogP contribution >= 0.6 is 0 Å². The van der Waals surface area contributed by atoms with Crippen LogP contribution in [-0.4, -0.2) is 12.6 Å². The van der Waals surface area contributed by atoms with Crippen LogP contribution in [0.25, 0.3) is 0 Å². The maximum atomic E-state index is 11.8. The SMILES string of the molecule is NCc1cccc(C(=O)OCC2CCCC2)c1. The normalized spacial score (nSPS) is 16.1. The molecule has 0 aliphatic heterocycles. The van der Waals surface area contributed by atoms with E-state index in [0.29, 0.717) is 24.6 Å². The largest absolute Gasteiger partial charge is 0.462 e. The zero-order valence-electron chi connectivity index (χ0n) is 10.0. The van der Waals surface area contributed by atoms with E-state index in [0.717, 1.165) is 5.56 Å². The number of carbonyl (C=O) groups excluding carboxylic acids is 1. The number of carbonyl (C=O) groups is 1. The molecule has 17 heavy (non-hydrogen) atoms. The lowest BCUT2D eigenvalue weighted by atomic mass is 10.1. The molecule has 1 aromatic carbocycles. The number of rotatable bonds is 4. The Bertz CT molecular complexity index is 384. The summed E-state index contributed by atoms with van der Waals surface area (Å²) in [5.41, 5.74) is 7.10. The number of nitrogens with two attached hydrogens (primary N) is 1. The van der Waals surface area contributed by atoms with Gasteiger partial charge in [0.1, 0.15) is 0 Å². The molecule has 2 N–H and O–H groups in total. The standard InChI is InChI=1S/C14H19NO2/c15-9-12-6-3-7-13(8-12)14(16)17-10-11-4-1-2-5-11/h3,6-8,11H,1-2,4-5,9-10,15H2. The average Bonchev–Trinajstić information content (AvgIpc) is 2.89. The second-order valence-corrected chi connectivity index (χ2v) is 4.65. The van der Waals surface area contributed by atoms with E-state index in [1.165, 1.54) is 25.7 Å². The molecule has 92 valence electrons. The minimum atomic E-state index is -0.229. The first-order chi connectivity index (χ1) is 8.29. The van der Waals surface area contributed by atoms with Crippen molar-refractivity contribution >= 4 is 5.97 Å². The molecule has 0 radical (unpaired) electrons. The Morgan fingerprint density at radius 3 is 2.82 bits per heavy atom. The molecule has 0 unspecified atom stereocenters. The Labute approximate surface area is 102 Å². The lowest BCUT2D eigenvalue weighted by molar-refractivity contribution is 0.0442. The Balaban J connectivity index is 1.89. The summed E-state index contributed by atoms with van der Waals surface area (Å²) < 4.78 is 5.33. The second-order valence-electron chi connectivity index (χ2n) is 4.65. The minimum Gasteiger partial charge on any atom is -0.462 e. The van der Waals surface area contributed by atoms with E-state index in [9.17, 15) is 4.79 Å². The van der Waals surface area contributed by atoms with Gasteiger partial charge in [0.2, 0.25) is 0 Å². The summed E-state index contributed by atoms with van der Waals surface area (Å²) in [6.45, 7) is 1.01. The molecule has 0 atom stereocenters. The van der Waals surface area contributed by atoms with Gasteiger partial charge in [-0.15, -0.1) is 0 Å². The Kier molecular flexibility index (Phi) is 4.15. The summed E-state index contributed by atoms with van der Waals surface area (Å²) in [5.74, 6) is 0.337. The maximum absolute atomic E-state index is 11.8. The molecular formula is C14H19NO2. The summed E-state index contributed by atoms with van der Waals surface area (Å²) in [6, 6.07) is 7.33. The molecule has 0 aromatic heterocycles. The van der Waals surface area contributed by atoms with Crippen LogP contribution in [0.3, 0.4) is 0 Å². The van der Waals surface area contributed by atoms with Gasteiger partial charge in [0.15, 0.2) is 0 Å². The van der Waals surface area contributed by atoms with Crippen molar-refractivity contribution in [2.45, 2.75) is 32.2 Å². The predicted molar refractivity (Wildman–Crippen MR) is 66.6 cm³/mol. The highest BCUT2D eigenvalue weighted by Gasteiger charge is 2.17. The summed E-state index contributed by atoms with van der Waals surface area (Å²) in [5, 5.41) is 0. The molecule has 1 aliphatic rings. The van der Waals surface area contributed by atoms with Crippen molar-refractivity contribution in [2.75, 3.05) is 6.61 Å². The molecule has 1 saturated carbocycles. The first-order valence-corrected chi connectivity index (χ1v) is 6.25. The fourth-order valence-electron chi connectivity index (χ4n) is 2.28. The van der Waals surface area contributed by atoms with Crippen LogP contribution in [0.15, 0.2) is 24.3 Å². The number of hydrogen-bond acceptors (Lipinski definition) is 3. The molecule has 3 nitrogen and oxygen atoms in total. The number of ether oxygens (including phenoxy) is 1. The first-order valence-electron chi connectivity index (χ1n) is 6.25. The molecule has 1 aliphatic carbocycles. The Morgan fingerprint density at radius 1 is 1.35 bits per heavy atom. The van der Waals surface area contributed by atoms with Crippen molar-refractivity contribution in [3.05, 3.63) is 35.4 Å². The predicted octanol–water partition coefficient (Wildman–Crippen LogP) is 2.49. The maximum Gasteiger partial charge on any atom is 0.338 e. The summed E-state index contributed by atoms with van der Waals surface area (Å²) >= 11 is 0. The highest BCUT2D eigenvalue weighted by molar-refractivity contribution is 5.89. The third-order valence-corrected chi connectivity index (χ3v) is 3.32. The van der Waals surface area contributed by atoms with E-state index in [1.54, 1.807) is 12.1 Å². The van der Waals surface area contributed by atoms with E-state index < -0.39 is 0 Å². The van der Waals surface area contributed by atoms with Crippen molar-refractivity contribution in [1.82, 2.24) is 0 Å². The van der Waals surface area contributed by atoms with Crippen LogP contribution in [0.1, 0.15) is 41.6 Å². The second kappa shape index (κ2) is 5.82. The number of hydrogen-bond donors (Lipinski definition) is 1. The average molecular weight is 233 g/mol. The molecule has 0 bridgehead atoms. The van der Waals surface area contributed by atoms with Gasteiger partial charge in [0.05, 0.1) is 12.2 Å². The highest BCUT2D eigenvalue weighted by atomic mass is 16.5. The summed E-state index contributed by atoms with van der Waals surface area (Å²) in [6.07, 6.45) is 4.92. The van der Waals surface area contributed by atoms with Crippen LogP contribution in [0.2, 0.25) is 0 Å². The van der Waals surface area contributed by atoms with Crippen LogP contribution in [0.4, 0.5) is 0 Å². The van der Waals surface area contributed by atoms with Crippen LogP contribution in [0.5, 0.6) is 0 Å². The fourth-order valence-corrected chi connectivity index (χ4v) is 2.28. The topological polar surface area (TPSA) is 52.3 Å². The van der Waals surface area contributed by atoms with Gasteiger partial charge in [-0.2, -0.15) is 0 Å². The quantitative estimate of drug-likeness (QED) is 0.813. The van der Waals surface area contributed by atoms with Crippen LogP contribution in [-0.2, 0) is 11.3 Å². The van der Waals surface area contributed by atoms with Gasteiger partial charge in [-0.05, 0) is 36.5 Å². The third kappa shape index (κ3) is 3.30. The van der Waals surface area contributed by atoms with Crippen molar-refractivity contribution in [2.24, 2.45) is 11.7 Å². The van der Waals surface area contributed by atoms with E-state index in [-0.39, 0.29) is 5.97 Å². The van der Waals surface area contributed by atoms with Crippen molar-refractivity contribution in [1.29, 1.82) is 0 Å². The number of esters is 1. The van der Waals surface area contributed by atoms with Gasteiger partial charge in [0, 0.05) is 6.54 Å². The van der Waals surface area contributed by atoms with E-state index in [4.69, 9.17) is 10.5 Å². The Hall–Kier alpha value is -1.35. The molecular weight excluding hydrogens is 214 g/mol. The van der Waals surface area contributed by atoms with Gasteiger partial charge in [0.25, 0.3) is 0 Å². The van der Waals surface area contributed by atoms with Gasteiger partial charge in [-0.1, -0.05) is 25.0 Å².